The van der Waals surface area contributed by atoms with Gasteiger partial charge in [0.2, 0.25) is 5.95 Å². The number of hydrogen-bond donors (Lipinski definition) is 0. The number of hydrogen-bond acceptors (Lipinski definition) is 6. The fraction of sp³-hybridized carbons (Fsp3) is 0.538. The maximum Gasteiger partial charge on any atom is 0.433 e. The second-order valence-corrected chi connectivity index (χ2v) is 11.9. The lowest BCUT2D eigenvalue weighted by Crippen LogP contribution is -2.62. The highest BCUT2D eigenvalue weighted by atomic mass is 35.5. The van der Waals surface area contributed by atoms with Gasteiger partial charge in [0.1, 0.15) is 11.5 Å². The zero-order valence-electron chi connectivity index (χ0n) is 20.8. The molecule has 39 heavy (non-hydrogen) atoms. The van der Waals surface area contributed by atoms with E-state index in [-0.39, 0.29) is 30.4 Å². The zero-order valence-corrected chi connectivity index (χ0v) is 21.6. The first kappa shape index (κ1) is 25.1. The van der Waals surface area contributed by atoms with Gasteiger partial charge in [0.15, 0.2) is 5.82 Å². The van der Waals surface area contributed by atoms with Gasteiger partial charge in [-0.15, -0.1) is 10.2 Å². The molecule has 7 nitrogen and oxygen atoms in total. The molecule has 4 aliphatic rings. The lowest BCUT2D eigenvalue weighted by atomic mass is 9.57. The first-order chi connectivity index (χ1) is 18.5. The summed E-state index contributed by atoms with van der Waals surface area (Å²) in [6.07, 6.45) is -0.662. The summed E-state index contributed by atoms with van der Waals surface area (Å²) in [5.74, 6) is -1.73. The minimum absolute atomic E-state index is 0.0411. The molecule has 206 valence electrons. The van der Waals surface area contributed by atoms with Gasteiger partial charge in [-0.2, -0.15) is 13.2 Å². The lowest BCUT2D eigenvalue weighted by molar-refractivity contribution is -0.141. The van der Waals surface area contributed by atoms with Crippen LogP contribution in [0.3, 0.4) is 0 Å². The first-order valence-electron chi connectivity index (χ1n) is 13.0. The van der Waals surface area contributed by atoms with Gasteiger partial charge in [-0.05, 0) is 55.5 Å². The highest BCUT2D eigenvalue weighted by Gasteiger charge is 2.55. The summed E-state index contributed by atoms with van der Waals surface area (Å²) in [4.78, 5) is 11.2. The van der Waals surface area contributed by atoms with Crippen molar-refractivity contribution >= 4 is 17.5 Å². The quantitative estimate of drug-likeness (QED) is 0.382. The highest BCUT2D eigenvalue weighted by molar-refractivity contribution is 6.30. The Balaban J connectivity index is 1.10. The van der Waals surface area contributed by atoms with Crippen LogP contribution in [0.25, 0.3) is 5.69 Å². The van der Waals surface area contributed by atoms with E-state index in [0.29, 0.717) is 43.3 Å². The van der Waals surface area contributed by atoms with E-state index in [1.807, 2.05) is 16.7 Å². The molecule has 2 aliphatic carbocycles. The van der Waals surface area contributed by atoms with Crippen LogP contribution in [-0.4, -0.2) is 55.2 Å². The zero-order chi connectivity index (χ0) is 27.2. The normalized spacial score (nSPS) is 21.2. The molecule has 3 aromatic rings. The van der Waals surface area contributed by atoms with Crippen molar-refractivity contribution in [3.05, 3.63) is 58.4 Å². The number of benzene rings is 1. The third-order valence-corrected chi connectivity index (χ3v) is 8.63. The van der Waals surface area contributed by atoms with Crippen LogP contribution in [0.15, 0.2) is 30.5 Å². The minimum atomic E-state index is -4.52. The van der Waals surface area contributed by atoms with Gasteiger partial charge in [-0.25, -0.2) is 18.7 Å². The van der Waals surface area contributed by atoms with Crippen molar-refractivity contribution in [2.45, 2.75) is 56.8 Å². The van der Waals surface area contributed by atoms with Crippen LogP contribution in [0, 0.1) is 11.3 Å². The average molecular weight is 566 g/mol. The van der Waals surface area contributed by atoms with Crippen molar-refractivity contribution in [2.24, 2.45) is 11.3 Å². The van der Waals surface area contributed by atoms with Gasteiger partial charge in [0, 0.05) is 48.1 Å². The summed E-state index contributed by atoms with van der Waals surface area (Å²) in [6.45, 7) is 1.39. The van der Waals surface area contributed by atoms with E-state index < -0.39 is 23.7 Å². The Morgan fingerprint density at radius 1 is 1.00 bits per heavy atom. The first-order valence-corrected chi connectivity index (χ1v) is 13.4. The molecular weight excluding hydrogens is 541 g/mol. The third-order valence-electron chi connectivity index (χ3n) is 8.40. The third kappa shape index (κ3) is 4.45. The van der Waals surface area contributed by atoms with E-state index in [1.54, 1.807) is 15.9 Å². The van der Waals surface area contributed by atoms with Gasteiger partial charge in [0.05, 0.1) is 18.8 Å². The Bertz CT molecular complexity index is 1420. The molecule has 7 rings (SSSR count). The number of alkyl halides is 5. The Hall–Kier alpha value is -2.86. The summed E-state index contributed by atoms with van der Waals surface area (Å²) in [7, 11) is 0. The van der Waals surface area contributed by atoms with Crippen molar-refractivity contribution in [1.82, 2.24) is 29.6 Å². The van der Waals surface area contributed by atoms with Crippen molar-refractivity contribution in [3.63, 3.8) is 0 Å². The topological polar surface area (TPSA) is 63.0 Å². The molecule has 1 aromatic carbocycles. The molecule has 0 radical (unpaired) electrons. The van der Waals surface area contributed by atoms with Crippen LogP contribution in [0.5, 0.6) is 0 Å². The van der Waals surface area contributed by atoms with Crippen molar-refractivity contribution in [1.29, 1.82) is 0 Å². The SMILES string of the molecule is FC(F)(F)c1ccnc(N2CC3(CC(c4nnc5n4-c4ccc(Cl)cc4CN(CC(F)(F)C4CC4)C5)C3)C2)n1. The molecule has 2 aromatic heterocycles. The largest absolute Gasteiger partial charge is 0.433 e. The van der Waals surface area contributed by atoms with E-state index in [9.17, 15) is 22.0 Å². The van der Waals surface area contributed by atoms with Gasteiger partial charge in [0.25, 0.3) is 5.92 Å². The smallest absolute Gasteiger partial charge is 0.340 e. The van der Waals surface area contributed by atoms with Gasteiger partial charge < -0.3 is 4.90 Å². The molecule has 2 aliphatic heterocycles. The van der Waals surface area contributed by atoms with E-state index in [0.717, 1.165) is 42.2 Å². The van der Waals surface area contributed by atoms with E-state index in [2.05, 4.69) is 20.2 Å². The predicted molar refractivity (Wildman–Crippen MR) is 132 cm³/mol. The molecule has 4 heterocycles. The summed E-state index contributed by atoms with van der Waals surface area (Å²) < 4.78 is 70.6. The number of halogens is 6. The van der Waals surface area contributed by atoms with Gasteiger partial charge in [-0.3, -0.25) is 9.47 Å². The summed E-state index contributed by atoms with van der Waals surface area (Å²) in [6, 6.07) is 6.36. The molecule has 1 spiro atoms. The number of aromatic nitrogens is 5. The van der Waals surface area contributed by atoms with Crippen LogP contribution in [-0.2, 0) is 19.3 Å². The predicted octanol–water partition coefficient (Wildman–Crippen LogP) is 5.47. The molecule has 13 heteroatoms. The fourth-order valence-corrected chi connectivity index (χ4v) is 6.58. The number of fused-ring (bicyclic) bond motifs is 3. The molecule has 2 saturated carbocycles. The van der Waals surface area contributed by atoms with Crippen LogP contribution in [0.4, 0.5) is 27.9 Å². The fourth-order valence-electron chi connectivity index (χ4n) is 6.39. The Labute approximate surface area is 226 Å². The summed E-state index contributed by atoms with van der Waals surface area (Å²) in [5.41, 5.74) is 0.703. The van der Waals surface area contributed by atoms with Crippen LogP contribution in [0.1, 0.15) is 54.5 Å². The highest BCUT2D eigenvalue weighted by Crippen LogP contribution is 2.56. The maximum absolute atomic E-state index is 14.7. The molecular formula is C26H25ClF5N7. The summed E-state index contributed by atoms with van der Waals surface area (Å²) in [5, 5.41) is 9.47. The molecule has 0 amide bonds. The van der Waals surface area contributed by atoms with Crippen LogP contribution >= 0.6 is 11.6 Å². The van der Waals surface area contributed by atoms with Crippen molar-refractivity contribution < 1.29 is 22.0 Å². The Morgan fingerprint density at radius 3 is 2.49 bits per heavy atom. The lowest BCUT2D eigenvalue weighted by Gasteiger charge is -2.58. The van der Waals surface area contributed by atoms with Crippen LogP contribution in [0.2, 0.25) is 5.02 Å². The average Bonchev–Trinajstić information content (AvgIpc) is 3.62. The van der Waals surface area contributed by atoms with E-state index >= 15 is 0 Å². The Morgan fingerprint density at radius 2 is 1.77 bits per heavy atom. The molecule has 0 atom stereocenters. The summed E-state index contributed by atoms with van der Waals surface area (Å²) >= 11 is 6.29. The molecule has 0 unspecified atom stereocenters. The minimum Gasteiger partial charge on any atom is -0.340 e. The second kappa shape index (κ2) is 8.57. The second-order valence-electron chi connectivity index (χ2n) is 11.5. The monoisotopic (exact) mass is 565 g/mol. The number of anilines is 1. The van der Waals surface area contributed by atoms with Crippen molar-refractivity contribution in [2.75, 3.05) is 24.5 Å². The van der Waals surface area contributed by atoms with E-state index in [1.165, 1.54) is 0 Å². The maximum atomic E-state index is 14.7. The molecule has 0 N–H and O–H groups in total. The van der Waals surface area contributed by atoms with Gasteiger partial charge >= 0.3 is 6.18 Å². The number of rotatable bonds is 5. The molecule has 3 fully saturated rings. The standard InChI is InChI=1S/C26H25ClF5N7/c27-18-3-4-19-15(7-18)10-37(14-25(28,29)17-1-2-17)11-21-35-36-22(39(19)21)16-8-24(9-16)12-38(13-24)23-33-6-5-20(34-23)26(30,31)32/h3-7,16-17H,1-2,8-14H2. The molecule has 1 saturated heterocycles. The van der Waals surface area contributed by atoms with Gasteiger partial charge in [-0.1, -0.05) is 11.6 Å². The van der Waals surface area contributed by atoms with E-state index in [4.69, 9.17) is 11.6 Å². The number of nitrogens with zero attached hydrogens (tertiary/aromatic N) is 7. The Kier molecular flexibility index (Phi) is 5.52. The molecule has 0 bridgehead atoms. The van der Waals surface area contributed by atoms with Crippen LogP contribution < -0.4 is 4.90 Å². The van der Waals surface area contributed by atoms with Crippen molar-refractivity contribution in [3.8, 4) is 5.69 Å².